The number of carbonyl (C=O) groups is 2. The van der Waals surface area contributed by atoms with Crippen molar-refractivity contribution in [2.24, 2.45) is 0 Å². The minimum Gasteiger partial charge on any atom is -0.503 e. The van der Waals surface area contributed by atoms with Gasteiger partial charge in [0, 0.05) is 18.7 Å². The number of hydrogen-bond acceptors (Lipinski definition) is 7. The molecule has 1 fully saturated rings. The van der Waals surface area contributed by atoms with Crippen LogP contribution in [-0.2, 0) is 4.79 Å². The van der Waals surface area contributed by atoms with Crippen molar-refractivity contribution >= 4 is 11.7 Å². The molecule has 0 spiro atoms. The van der Waals surface area contributed by atoms with Crippen molar-refractivity contribution in [3.63, 3.8) is 0 Å². The van der Waals surface area contributed by atoms with Gasteiger partial charge in [-0.1, -0.05) is 6.42 Å². The summed E-state index contributed by atoms with van der Waals surface area (Å²) in [5.41, 5.74) is 0.549. The summed E-state index contributed by atoms with van der Waals surface area (Å²) in [5, 5.41) is 10.8. The lowest BCUT2D eigenvalue weighted by Crippen LogP contribution is -2.40. The lowest BCUT2D eigenvalue weighted by Gasteiger charge is -2.32. The van der Waals surface area contributed by atoms with Gasteiger partial charge in [-0.25, -0.2) is 0 Å². The van der Waals surface area contributed by atoms with Crippen LogP contribution in [0, 0.1) is 0 Å². The molecule has 0 saturated carbocycles. The number of hydrogen-bond donors (Lipinski definition) is 1. The van der Waals surface area contributed by atoms with Crippen molar-refractivity contribution in [2.45, 2.75) is 25.3 Å². The second-order valence-electron chi connectivity index (χ2n) is 7.98. The van der Waals surface area contributed by atoms with E-state index in [9.17, 15) is 14.7 Å². The first-order valence-electron chi connectivity index (χ1n) is 10.8. The number of furan rings is 1. The molecule has 2 aromatic rings. The fourth-order valence-electron chi connectivity index (χ4n) is 4.47. The lowest BCUT2D eigenvalue weighted by atomic mass is 9.94. The van der Waals surface area contributed by atoms with E-state index < -0.39 is 23.5 Å². The number of carbonyl (C=O) groups excluding carboxylic acids is 2. The predicted octanol–water partition coefficient (Wildman–Crippen LogP) is 3.36. The third-order valence-corrected chi connectivity index (χ3v) is 6.13. The van der Waals surface area contributed by atoms with Crippen molar-refractivity contribution in [2.75, 3.05) is 40.4 Å². The Labute approximate surface area is 187 Å². The highest BCUT2D eigenvalue weighted by Gasteiger charge is 2.45. The predicted molar refractivity (Wildman–Crippen MR) is 117 cm³/mol. The number of aliphatic hydroxyl groups is 1. The summed E-state index contributed by atoms with van der Waals surface area (Å²) in [6.45, 7) is 2.98. The maximum atomic E-state index is 13.3. The number of likely N-dealkylation sites (tertiary alicyclic amines) is 1. The van der Waals surface area contributed by atoms with Crippen molar-refractivity contribution in [3.05, 3.63) is 59.3 Å². The number of ketones is 1. The molecule has 170 valence electrons. The minimum absolute atomic E-state index is 0.0184. The molecule has 1 N–H and O–H groups in total. The Morgan fingerprint density at radius 3 is 2.56 bits per heavy atom. The number of methoxy groups -OCH3 is 2. The maximum Gasteiger partial charge on any atom is 0.290 e. The average Bonchev–Trinajstić information content (AvgIpc) is 3.45. The summed E-state index contributed by atoms with van der Waals surface area (Å²) in [6.07, 6.45) is 4.86. The molecule has 0 aliphatic carbocycles. The Kier molecular flexibility index (Phi) is 6.50. The van der Waals surface area contributed by atoms with Gasteiger partial charge in [-0.3, -0.25) is 9.59 Å². The molecular weight excluding hydrogens is 412 g/mol. The molecule has 0 radical (unpaired) electrons. The van der Waals surface area contributed by atoms with Crippen molar-refractivity contribution in [1.82, 2.24) is 9.80 Å². The molecule has 1 atom stereocenters. The summed E-state index contributed by atoms with van der Waals surface area (Å²) in [4.78, 5) is 30.3. The van der Waals surface area contributed by atoms with Crippen LogP contribution in [0.5, 0.6) is 11.5 Å². The minimum atomic E-state index is -0.824. The molecule has 1 aromatic heterocycles. The van der Waals surface area contributed by atoms with Crippen LogP contribution in [0.25, 0.3) is 0 Å². The van der Waals surface area contributed by atoms with Crippen LogP contribution < -0.4 is 9.47 Å². The molecule has 0 bridgehead atoms. The number of Topliss-reactive ketones (excluding diaryl/α,β-unsaturated/α-hetero) is 1. The molecule has 1 aromatic carbocycles. The highest BCUT2D eigenvalue weighted by Crippen LogP contribution is 2.43. The van der Waals surface area contributed by atoms with Gasteiger partial charge in [-0.15, -0.1) is 0 Å². The van der Waals surface area contributed by atoms with Gasteiger partial charge in [0.2, 0.25) is 5.78 Å². The third kappa shape index (κ3) is 4.10. The summed E-state index contributed by atoms with van der Waals surface area (Å²) >= 11 is 0. The first-order chi connectivity index (χ1) is 15.5. The second kappa shape index (κ2) is 9.48. The third-order valence-electron chi connectivity index (χ3n) is 6.13. The zero-order chi connectivity index (χ0) is 22.7. The van der Waals surface area contributed by atoms with Gasteiger partial charge in [-0.05, 0) is 56.3 Å². The Morgan fingerprint density at radius 2 is 1.91 bits per heavy atom. The fourth-order valence-corrected chi connectivity index (χ4v) is 4.47. The standard InChI is InChI=1S/C24H28N2O6/c1-30-16-8-9-18(31-2)17(15-16)21-20(22(27)19-7-6-14-32-19)23(28)24(29)26(21)13-12-25-10-4-3-5-11-25/h6-9,14-15,21,28H,3-5,10-13H2,1-2H3. The molecule has 8 nitrogen and oxygen atoms in total. The second-order valence-corrected chi connectivity index (χ2v) is 7.98. The van der Waals surface area contributed by atoms with E-state index in [1.807, 2.05) is 0 Å². The molecule has 4 rings (SSSR count). The molecule has 2 aliphatic rings. The van der Waals surface area contributed by atoms with Crippen molar-refractivity contribution in [1.29, 1.82) is 0 Å². The first-order valence-corrected chi connectivity index (χ1v) is 10.8. The van der Waals surface area contributed by atoms with E-state index in [1.165, 1.54) is 30.8 Å². The largest absolute Gasteiger partial charge is 0.503 e. The fraction of sp³-hybridized carbons (Fsp3) is 0.417. The molecule has 1 saturated heterocycles. The maximum absolute atomic E-state index is 13.3. The Balaban J connectivity index is 1.74. The van der Waals surface area contributed by atoms with Crippen LogP contribution in [0.1, 0.15) is 41.4 Å². The monoisotopic (exact) mass is 440 g/mol. The topological polar surface area (TPSA) is 92.4 Å². The van der Waals surface area contributed by atoms with E-state index in [4.69, 9.17) is 13.9 Å². The molecule has 1 unspecified atom stereocenters. The summed E-state index contributed by atoms with van der Waals surface area (Å²) < 4.78 is 16.2. The van der Waals surface area contributed by atoms with Gasteiger partial charge in [0.1, 0.15) is 11.5 Å². The number of ether oxygens (including phenoxy) is 2. The average molecular weight is 440 g/mol. The van der Waals surface area contributed by atoms with Crippen LogP contribution >= 0.6 is 0 Å². The smallest absolute Gasteiger partial charge is 0.290 e. The van der Waals surface area contributed by atoms with Crippen molar-refractivity contribution in [3.8, 4) is 11.5 Å². The van der Waals surface area contributed by atoms with Crippen LogP contribution in [0.4, 0.5) is 0 Å². The molecule has 3 heterocycles. The van der Waals surface area contributed by atoms with E-state index in [1.54, 1.807) is 31.4 Å². The molecule has 2 aliphatic heterocycles. The quantitative estimate of drug-likeness (QED) is 0.629. The SMILES string of the molecule is COc1ccc(OC)c(C2C(C(=O)c3ccco3)=C(O)C(=O)N2CCN2CCCCC2)c1. The highest BCUT2D eigenvalue weighted by molar-refractivity contribution is 6.15. The number of benzene rings is 1. The van der Waals surface area contributed by atoms with E-state index in [2.05, 4.69) is 4.90 Å². The molecular formula is C24H28N2O6. The first kappa shape index (κ1) is 22.0. The zero-order valence-electron chi connectivity index (χ0n) is 18.4. The summed E-state index contributed by atoms with van der Waals surface area (Å²) in [7, 11) is 3.07. The number of rotatable bonds is 8. The van der Waals surface area contributed by atoms with Gasteiger partial charge >= 0.3 is 0 Å². The summed E-state index contributed by atoms with van der Waals surface area (Å²) in [5.74, 6) is -0.557. The summed E-state index contributed by atoms with van der Waals surface area (Å²) in [6, 6.07) is 7.49. The van der Waals surface area contributed by atoms with Crippen molar-refractivity contribution < 1.29 is 28.6 Å². The van der Waals surface area contributed by atoms with E-state index in [-0.39, 0.29) is 11.3 Å². The van der Waals surface area contributed by atoms with Crippen LogP contribution in [0.3, 0.4) is 0 Å². The van der Waals surface area contributed by atoms with Crippen LogP contribution in [0.15, 0.2) is 52.3 Å². The number of nitrogens with zero attached hydrogens (tertiary/aromatic N) is 2. The van der Waals surface area contributed by atoms with E-state index in [0.29, 0.717) is 30.2 Å². The van der Waals surface area contributed by atoms with Crippen LogP contribution in [-0.4, -0.2) is 67.0 Å². The normalized spacial score (nSPS) is 19.5. The van der Waals surface area contributed by atoms with E-state index in [0.717, 1.165) is 25.9 Å². The Morgan fingerprint density at radius 1 is 1.12 bits per heavy atom. The number of piperidine rings is 1. The molecule has 32 heavy (non-hydrogen) atoms. The van der Waals surface area contributed by atoms with Gasteiger partial charge < -0.3 is 28.8 Å². The zero-order valence-corrected chi connectivity index (χ0v) is 18.4. The van der Waals surface area contributed by atoms with Gasteiger partial charge in [0.05, 0.1) is 32.1 Å². The molecule has 1 amide bonds. The lowest BCUT2D eigenvalue weighted by molar-refractivity contribution is -0.129. The Bertz CT molecular complexity index is 1010. The van der Waals surface area contributed by atoms with E-state index >= 15 is 0 Å². The number of amides is 1. The number of aliphatic hydroxyl groups excluding tert-OH is 1. The van der Waals surface area contributed by atoms with Gasteiger partial charge in [-0.2, -0.15) is 0 Å². The Hall–Kier alpha value is -3.26. The highest BCUT2D eigenvalue weighted by atomic mass is 16.5. The van der Waals surface area contributed by atoms with Gasteiger partial charge in [0.25, 0.3) is 5.91 Å². The van der Waals surface area contributed by atoms with Gasteiger partial charge in [0.15, 0.2) is 11.5 Å². The van der Waals surface area contributed by atoms with Crippen LogP contribution in [0.2, 0.25) is 0 Å². The molecule has 8 heteroatoms.